The predicted octanol–water partition coefficient (Wildman–Crippen LogP) is 5.45. The van der Waals surface area contributed by atoms with Crippen molar-refractivity contribution in [2.45, 2.75) is 32.7 Å². The van der Waals surface area contributed by atoms with Crippen LogP contribution in [0.1, 0.15) is 28.1 Å². The Morgan fingerprint density at radius 3 is 1.69 bits per heavy atom. The lowest BCUT2D eigenvalue weighted by Gasteiger charge is -2.23. The summed E-state index contributed by atoms with van der Waals surface area (Å²) in [6.45, 7) is 7.67. The van der Waals surface area contributed by atoms with Crippen molar-refractivity contribution in [3.63, 3.8) is 0 Å². The Balaban J connectivity index is 1.24. The number of pyridine rings is 2. The number of rotatable bonds is 16. The number of aromatic nitrogens is 2. The fourth-order valence-electron chi connectivity index (χ4n) is 4.20. The van der Waals surface area contributed by atoms with Gasteiger partial charge in [-0.25, -0.2) is 0 Å². The summed E-state index contributed by atoms with van der Waals surface area (Å²) in [6, 6.07) is 26.6. The molecule has 4 aromatic rings. The van der Waals surface area contributed by atoms with Gasteiger partial charge in [-0.2, -0.15) is 0 Å². The predicted molar refractivity (Wildman–Crippen MR) is 161 cm³/mol. The molecule has 4 rings (SSSR count). The molecular formula is C31H36Cl2N6. The molecule has 0 saturated carbocycles. The third kappa shape index (κ3) is 10.7. The Hall–Kier alpha value is -2.84. The average molecular weight is 564 g/mol. The highest BCUT2D eigenvalue weighted by atomic mass is 35.5. The van der Waals surface area contributed by atoms with Gasteiger partial charge in [-0.05, 0) is 53.1 Å². The van der Waals surface area contributed by atoms with Crippen molar-refractivity contribution >= 4 is 23.2 Å². The van der Waals surface area contributed by atoms with Gasteiger partial charge >= 0.3 is 0 Å². The summed E-state index contributed by atoms with van der Waals surface area (Å²) in [5.41, 5.74) is 5.79. The number of benzene rings is 2. The molecule has 0 atom stereocenters. The maximum absolute atomic E-state index is 6.13. The number of nitrogens with zero attached hydrogens (tertiary/aromatic N) is 3. The molecule has 0 spiro atoms. The van der Waals surface area contributed by atoms with Gasteiger partial charge in [-0.15, -0.1) is 0 Å². The van der Waals surface area contributed by atoms with Crippen LogP contribution in [0.25, 0.3) is 0 Å². The maximum atomic E-state index is 6.13. The average Bonchev–Trinajstić information content (AvgIpc) is 2.97. The molecular weight excluding hydrogens is 527 g/mol. The Bertz CT molecular complexity index is 1190. The largest absolute Gasteiger partial charge is 0.310 e. The summed E-state index contributed by atoms with van der Waals surface area (Å²) < 4.78 is 0. The summed E-state index contributed by atoms with van der Waals surface area (Å²) in [5, 5.41) is 11.7. The molecule has 39 heavy (non-hydrogen) atoms. The van der Waals surface area contributed by atoms with Crippen molar-refractivity contribution in [3.8, 4) is 0 Å². The molecule has 3 N–H and O–H groups in total. The van der Waals surface area contributed by atoms with Crippen molar-refractivity contribution in [3.05, 3.63) is 129 Å². The first-order valence-corrected chi connectivity index (χ1v) is 14.1. The lowest BCUT2D eigenvalue weighted by molar-refractivity contribution is 0.263. The third-order valence-electron chi connectivity index (χ3n) is 6.35. The summed E-state index contributed by atoms with van der Waals surface area (Å²) >= 11 is 12.1. The standard InChI is InChI=1S/C31H36Cl2N6/c32-30-12-11-27(19-31(30)33)21-36-20-25-7-9-26(10-8-25)24-39(17-15-34-22-28-5-1-3-13-37-28)18-16-35-23-29-6-2-4-14-38-29/h1-14,19,34-36H,15-18,20-24H2. The molecule has 2 aromatic carbocycles. The minimum atomic E-state index is 0.581. The molecule has 0 amide bonds. The summed E-state index contributed by atoms with van der Waals surface area (Å²) in [4.78, 5) is 11.3. The second-order valence-corrected chi connectivity index (χ2v) is 10.3. The normalized spacial score (nSPS) is 11.3. The van der Waals surface area contributed by atoms with Gasteiger partial charge in [0.25, 0.3) is 0 Å². The van der Waals surface area contributed by atoms with Gasteiger partial charge in [-0.3, -0.25) is 14.9 Å². The van der Waals surface area contributed by atoms with E-state index >= 15 is 0 Å². The molecule has 0 aliphatic rings. The molecule has 0 saturated heterocycles. The molecule has 2 aromatic heterocycles. The first-order chi connectivity index (χ1) is 19.2. The van der Waals surface area contributed by atoms with Crippen LogP contribution in [0, 0.1) is 0 Å². The van der Waals surface area contributed by atoms with E-state index in [1.807, 2.05) is 67.0 Å². The molecule has 0 aliphatic heterocycles. The fraction of sp³-hybridized carbons (Fsp3) is 0.290. The van der Waals surface area contributed by atoms with Crippen LogP contribution < -0.4 is 16.0 Å². The van der Waals surface area contributed by atoms with Crippen LogP contribution in [0.3, 0.4) is 0 Å². The lowest BCUT2D eigenvalue weighted by Crippen LogP contribution is -2.36. The van der Waals surface area contributed by atoms with Gasteiger partial charge < -0.3 is 16.0 Å². The van der Waals surface area contributed by atoms with Crippen LogP contribution >= 0.6 is 23.2 Å². The molecule has 0 bridgehead atoms. The van der Waals surface area contributed by atoms with Crippen molar-refractivity contribution in [1.29, 1.82) is 0 Å². The zero-order valence-electron chi connectivity index (χ0n) is 22.1. The summed E-state index contributed by atoms with van der Waals surface area (Å²) in [5.74, 6) is 0. The summed E-state index contributed by atoms with van der Waals surface area (Å²) in [6.07, 6.45) is 3.67. The molecule has 6 nitrogen and oxygen atoms in total. The molecule has 0 radical (unpaired) electrons. The Morgan fingerprint density at radius 1 is 0.564 bits per heavy atom. The second kappa shape index (κ2) is 16.3. The van der Waals surface area contributed by atoms with E-state index in [4.69, 9.17) is 23.2 Å². The molecule has 2 heterocycles. The molecule has 0 unspecified atom stereocenters. The zero-order valence-corrected chi connectivity index (χ0v) is 23.6. The Labute approximate surface area is 241 Å². The molecule has 204 valence electrons. The van der Waals surface area contributed by atoms with Crippen molar-refractivity contribution < 1.29 is 0 Å². The van der Waals surface area contributed by atoms with E-state index in [1.54, 1.807) is 0 Å². The fourth-order valence-corrected chi connectivity index (χ4v) is 4.52. The highest BCUT2D eigenvalue weighted by Gasteiger charge is 2.07. The number of nitrogens with one attached hydrogen (secondary N) is 3. The highest BCUT2D eigenvalue weighted by molar-refractivity contribution is 6.42. The van der Waals surface area contributed by atoms with Crippen LogP contribution in [0.4, 0.5) is 0 Å². The number of halogens is 2. The van der Waals surface area contributed by atoms with Crippen molar-refractivity contribution in [2.24, 2.45) is 0 Å². The Morgan fingerprint density at radius 2 is 1.13 bits per heavy atom. The van der Waals surface area contributed by atoms with Crippen molar-refractivity contribution in [2.75, 3.05) is 26.2 Å². The molecule has 0 fully saturated rings. The van der Waals surface area contributed by atoms with Crippen LogP contribution in [-0.4, -0.2) is 41.0 Å². The third-order valence-corrected chi connectivity index (χ3v) is 7.08. The number of hydrogen-bond donors (Lipinski definition) is 3. The van der Waals surface area contributed by atoms with Gasteiger partial charge in [0.05, 0.1) is 21.4 Å². The summed E-state index contributed by atoms with van der Waals surface area (Å²) in [7, 11) is 0. The van der Waals surface area contributed by atoms with Crippen LogP contribution in [-0.2, 0) is 32.7 Å². The molecule has 8 heteroatoms. The van der Waals surface area contributed by atoms with Gasteiger partial charge in [0.15, 0.2) is 0 Å². The second-order valence-electron chi connectivity index (χ2n) is 9.44. The van der Waals surface area contributed by atoms with E-state index in [1.165, 1.54) is 11.1 Å². The van der Waals surface area contributed by atoms with E-state index in [0.717, 1.165) is 75.9 Å². The van der Waals surface area contributed by atoms with E-state index in [2.05, 4.69) is 55.1 Å². The van der Waals surface area contributed by atoms with E-state index in [-0.39, 0.29) is 0 Å². The smallest absolute Gasteiger partial charge is 0.0595 e. The van der Waals surface area contributed by atoms with Gasteiger partial charge in [0, 0.05) is 71.3 Å². The highest BCUT2D eigenvalue weighted by Crippen LogP contribution is 2.22. The quantitative estimate of drug-likeness (QED) is 0.158. The van der Waals surface area contributed by atoms with Gasteiger partial charge in [0.2, 0.25) is 0 Å². The van der Waals surface area contributed by atoms with E-state index in [9.17, 15) is 0 Å². The van der Waals surface area contributed by atoms with Crippen LogP contribution in [0.2, 0.25) is 10.0 Å². The Kier molecular flexibility index (Phi) is 12.2. The van der Waals surface area contributed by atoms with Gasteiger partial charge in [0.1, 0.15) is 0 Å². The SMILES string of the molecule is Clc1ccc(CNCc2ccc(CN(CCNCc3ccccn3)CCNCc3ccccn3)cc2)cc1Cl. The lowest BCUT2D eigenvalue weighted by atomic mass is 10.1. The van der Waals surface area contributed by atoms with Gasteiger partial charge in [-0.1, -0.05) is 65.7 Å². The van der Waals surface area contributed by atoms with Crippen LogP contribution in [0.15, 0.2) is 91.3 Å². The minimum absolute atomic E-state index is 0.581. The van der Waals surface area contributed by atoms with E-state index in [0.29, 0.717) is 10.0 Å². The number of hydrogen-bond acceptors (Lipinski definition) is 6. The van der Waals surface area contributed by atoms with E-state index < -0.39 is 0 Å². The topological polar surface area (TPSA) is 65.1 Å². The van der Waals surface area contributed by atoms with Crippen LogP contribution in [0.5, 0.6) is 0 Å². The van der Waals surface area contributed by atoms with Crippen molar-refractivity contribution in [1.82, 2.24) is 30.8 Å². The zero-order chi connectivity index (χ0) is 27.1. The monoisotopic (exact) mass is 562 g/mol. The minimum Gasteiger partial charge on any atom is -0.310 e. The molecule has 0 aliphatic carbocycles. The first-order valence-electron chi connectivity index (χ1n) is 13.3. The first kappa shape index (κ1) is 29.2. The maximum Gasteiger partial charge on any atom is 0.0595 e.